The second-order valence-electron chi connectivity index (χ2n) is 3.72. The summed E-state index contributed by atoms with van der Waals surface area (Å²) in [6, 6.07) is -1.61. The first-order valence-corrected chi connectivity index (χ1v) is 5.05. The number of rotatable bonds is 5. The Morgan fingerprint density at radius 2 is 2.19 bits per heavy atom. The minimum atomic E-state index is -1.26. The number of carbonyl (C=O) groups is 3. The smallest absolute Gasteiger partial charge is 0.326 e. The molecule has 0 aromatic rings. The number of nitrogens with two attached hydrogens (primary N) is 1. The first-order valence-electron chi connectivity index (χ1n) is 5.05. The van der Waals surface area contributed by atoms with Gasteiger partial charge >= 0.3 is 5.97 Å². The molecule has 1 rings (SSSR count). The van der Waals surface area contributed by atoms with Crippen LogP contribution in [0.1, 0.15) is 19.3 Å². The topological polar surface area (TPSA) is 122 Å². The van der Waals surface area contributed by atoms with Gasteiger partial charge in [-0.15, -0.1) is 0 Å². The van der Waals surface area contributed by atoms with Crippen LogP contribution >= 0.6 is 0 Å². The second kappa shape index (κ2) is 5.45. The van der Waals surface area contributed by atoms with E-state index in [1.807, 2.05) is 0 Å². The molecule has 90 valence electrons. The molecule has 5 N–H and O–H groups in total. The lowest BCUT2D eigenvalue weighted by atomic mass is 10.1. The number of nitrogens with one attached hydrogen (secondary N) is 2. The Labute approximate surface area is 92.4 Å². The van der Waals surface area contributed by atoms with Crippen LogP contribution in [0.2, 0.25) is 0 Å². The highest BCUT2D eigenvalue weighted by atomic mass is 16.4. The highest BCUT2D eigenvalue weighted by molar-refractivity contribution is 5.90. The molecule has 2 amide bonds. The van der Waals surface area contributed by atoms with Gasteiger partial charge in [-0.3, -0.25) is 9.59 Å². The molecule has 0 aromatic heterocycles. The number of aliphatic carboxylic acids is 1. The number of hydrogen-bond acceptors (Lipinski definition) is 4. The molecule has 0 aromatic carbocycles. The van der Waals surface area contributed by atoms with Gasteiger partial charge in [-0.05, 0) is 19.4 Å². The lowest BCUT2D eigenvalue weighted by Gasteiger charge is -2.16. The number of primary amides is 1. The van der Waals surface area contributed by atoms with Crippen molar-refractivity contribution in [1.29, 1.82) is 0 Å². The van der Waals surface area contributed by atoms with E-state index in [1.54, 1.807) is 0 Å². The van der Waals surface area contributed by atoms with E-state index in [2.05, 4.69) is 10.6 Å². The summed E-state index contributed by atoms with van der Waals surface area (Å²) in [4.78, 5) is 32.9. The zero-order valence-corrected chi connectivity index (χ0v) is 8.73. The third-order valence-electron chi connectivity index (χ3n) is 2.40. The molecular formula is C9H15N3O4. The molecule has 2 atom stereocenters. The molecule has 0 saturated carbocycles. The predicted molar refractivity (Wildman–Crippen MR) is 54.4 cm³/mol. The molecule has 1 heterocycles. The van der Waals surface area contributed by atoms with E-state index in [1.165, 1.54) is 0 Å². The van der Waals surface area contributed by atoms with Crippen LogP contribution < -0.4 is 16.4 Å². The Balaban J connectivity index is 2.50. The van der Waals surface area contributed by atoms with Crippen LogP contribution in [0.4, 0.5) is 0 Å². The van der Waals surface area contributed by atoms with E-state index >= 15 is 0 Å². The Kier molecular flexibility index (Phi) is 4.24. The van der Waals surface area contributed by atoms with Gasteiger partial charge in [0.05, 0.1) is 12.5 Å². The maximum absolute atomic E-state index is 11.6. The van der Waals surface area contributed by atoms with Gasteiger partial charge in [-0.25, -0.2) is 4.79 Å². The van der Waals surface area contributed by atoms with Crippen molar-refractivity contribution >= 4 is 17.8 Å². The molecule has 0 spiro atoms. The summed E-state index contributed by atoms with van der Waals surface area (Å²) in [6.07, 6.45) is 1.16. The Morgan fingerprint density at radius 1 is 1.50 bits per heavy atom. The zero-order valence-electron chi connectivity index (χ0n) is 8.73. The van der Waals surface area contributed by atoms with Crippen molar-refractivity contribution in [3.63, 3.8) is 0 Å². The molecular weight excluding hydrogens is 214 g/mol. The van der Waals surface area contributed by atoms with Crippen molar-refractivity contribution in [2.45, 2.75) is 31.3 Å². The van der Waals surface area contributed by atoms with Gasteiger partial charge in [0.1, 0.15) is 6.04 Å². The lowest BCUT2D eigenvalue weighted by Crippen LogP contribution is -2.49. The molecule has 0 unspecified atom stereocenters. The van der Waals surface area contributed by atoms with Gasteiger partial charge in [0.15, 0.2) is 0 Å². The molecule has 0 aliphatic carbocycles. The van der Waals surface area contributed by atoms with E-state index in [0.29, 0.717) is 6.42 Å². The van der Waals surface area contributed by atoms with Crippen molar-refractivity contribution in [3.8, 4) is 0 Å². The van der Waals surface area contributed by atoms with Gasteiger partial charge in [0, 0.05) is 0 Å². The van der Waals surface area contributed by atoms with Crippen molar-refractivity contribution in [3.05, 3.63) is 0 Å². The average molecular weight is 229 g/mol. The molecule has 1 aliphatic rings. The summed E-state index contributed by atoms with van der Waals surface area (Å²) < 4.78 is 0. The van der Waals surface area contributed by atoms with E-state index in [4.69, 9.17) is 10.8 Å². The third kappa shape index (κ3) is 3.50. The quantitative estimate of drug-likeness (QED) is 0.442. The Hall–Kier alpha value is -1.63. The molecule has 16 heavy (non-hydrogen) atoms. The second-order valence-corrected chi connectivity index (χ2v) is 3.72. The molecule has 1 saturated heterocycles. The number of carbonyl (C=O) groups excluding carboxylic acids is 2. The van der Waals surface area contributed by atoms with Crippen LogP contribution in [0.15, 0.2) is 0 Å². The average Bonchev–Trinajstić information content (AvgIpc) is 2.68. The minimum Gasteiger partial charge on any atom is -0.480 e. The maximum atomic E-state index is 11.6. The van der Waals surface area contributed by atoms with Crippen molar-refractivity contribution in [2.75, 3.05) is 6.54 Å². The number of amides is 2. The highest BCUT2D eigenvalue weighted by Gasteiger charge is 2.27. The van der Waals surface area contributed by atoms with Gasteiger partial charge in [0.25, 0.3) is 0 Å². The Bertz CT molecular complexity index is 299. The molecule has 7 heteroatoms. The molecule has 0 radical (unpaired) electrons. The first-order chi connectivity index (χ1) is 7.50. The van der Waals surface area contributed by atoms with Crippen molar-refractivity contribution in [2.24, 2.45) is 5.73 Å². The van der Waals surface area contributed by atoms with Crippen molar-refractivity contribution in [1.82, 2.24) is 10.6 Å². The number of carboxylic acid groups (broad SMARTS) is 1. The molecule has 1 aliphatic heterocycles. The summed E-state index contributed by atoms with van der Waals surface area (Å²) in [5.74, 6) is -2.41. The predicted octanol–water partition coefficient (Wildman–Crippen LogP) is -1.82. The Morgan fingerprint density at radius 3 is 2.62 bits per heavy atom. The van der Waals surface area contributed by atoms with Crippen molar-refractivity contribution < 1.29 is 19.5 Å². The monoisotopic (exact) mass is 229 g/mol. The summed E-state index contributed by atoms with van der Waals surface area (Å²) in [5.41, 5.74) is 4.89. The summed E-state index contributed by atoms with van der Waals surface area (Å²) in [6.45, 7) is 0.742. The van der Waals surface area contributed by atoms with Gasteiger partial charge in [0.2, 0.25) is 11.8 Å². The van der Waals surface area contributed by atoms with Gasteiger partial charge in [-0.2, -0.15) is 0 Å². The highest BCUT2D eigenvalue weighted by Crippen LogP contribution is 2.05. The van der Waals surface area contributed by atoms with Gasteiger partial charge < -0.3 is 21.5 Å². The van der Waals surface area contributed by atoms with Crippen LogP contribution in [0.3, 0.4) is 0 Å². The normalized spacial score (nSPS) is 21.4. The molecule has 0 bridgehead atoms. The minimum absolute atomic E-state index is 0.366. The molecule has 1 fully saturated rings. The van der Waals surface area contributed by atoms with E-state index in [9.17, 15) is 14.4 Å². The van der Waals surface area contributed by atoms with E-state index in [-0.39, 0.29) is 6.04 Å². The summed E-state index contributed by atoms with van der Waals surface area (Å²) in [7, 11) is 0. The zero-order chi connectivity index (χ0) is 12.1. The van der Waals surface area contributed by atoms with E-state index < -0.39 is 30.2 Å². The number of hydrogen-bond donors (Lipinski definition) is 4. The fourth-order valence-corrected chi connectivity index (χ4v) is 1.58. The first kappa shape index (κ1) is 12.4. The fraction of sp³-hybridized carbons (Fsp3) is 0.667. The lowest BCUT2D eigenvalue weighted by molar-refractivity contribution is -0.143. The summed E-state index contributed by atoms with van der Waals surface area (Å²) in [5, 5.41) is 14.0. The van der Waals surface area contributed by atoms with Crippen LogP contribution in [0, 0.1) is 0 Å². The van der Waals surface area contributed by atoms with Crippen LogP contribution in [-0.2, 0) is 14.4 Å². The molecule has 7 nitrogen and oxygen atoms in total. The standard InChI is InChI=1S/C9H15N3O4/c10-7(13)4-6(9(15)16)12-8(14)5-2-1-3-11-5/h5-6,11H,1-4H2,(H2,10,13)(H,12,14)(H,15,16)/t5-,6-/m1/s1. The van der Waals surface area contributed by atoms with E-state index in [0.717, 1.165) is 13.0 Å². The van der Waals surface area contributed by atoms with Crippen LogP contribution in [0.5, 0.6) is 0 Å². The van der Waals surface area contributed by atoms with Crippen LogP contribution in [-0.4, -0.2) is 41.5 Å². The SMILES string of the molecule is NC(=O)C[C@@H](NC(=O)[C@H]1CCCN1)C(=O)O. The number of carboxylic acids is 1. The van der Waals surface area contributed by atoms with Crippen LogP contribution in [0.25, 0.3) is 0 Å². The third-order valence-corrected chi connectivity index (χ3v) is 2.40. The largest absolute Gasteiger partial charge is 0.480 e. The maximum Gasteiger partial charge on any atom is 0.326 e. The van der Waals surface area contributed by atoms with Gasteiger partial charge in [-0.1, -0.05) is 0 Å². The summed E-state index contributed by atoms with van der Waals surface area (Å²) >= 11 is 0. The fourth-order valence-electron chi connectivity index (χ4n) is 1.58.